The molecule has 0 aliphatic rings. The summed E-state index contributed by atoms with van der Waals surface area (Å²) in [5.74, 6) is -0.127. The van der Waals surface area contributed by atoms with E-state index in [4.69, 9.17) is 9.84 Å². The molecule has 0 aliphatic carbocycles. The quantitative estimate of drug-likeness (QED) is 0.769. The number of carbonyl (C=O) groups is 1. The number of allylic oxidation sites excluding steroid dienone is 1. The van der Waals surface area contributed by atoms with Crippen LogP contribution in [0.2, 0.25) is 0 Å². The van der Waals surface area contributed by atoms with Gasteiger partial charge in [-0.05, 0) is 25.0 Å². The van der Waals surface area contributed by atoms with Crippen molar-refractivity contribution in [1.82, 2.24) is 0 Å². The molecule has 0 atom stereocenters. The molecule has 1 N–H and O–H groups in total. The number of rotatable bonds is 4. The zero-order chi connectivity index (χ0) is 11.3. The van der Waals surface area contributed by atoms with Crippen LogP contribution in [0.5, 0.6) is 5.75 Å². The molecule has 0 saturated carbocycles. The normalized spacial score (nSPS) is 11.2. The van der Waals surface area contributed by atoms with Gasteiger partial charge in [-0.3, -0.25) is 0 Å². The van der Waals surface area contributed by atoms with Gasteiger partial charge < -0.3 is 9.84 Å². The number of para-hydroxylation sites is 1. The van der Waals surface area contributed by atoms with E-state index in [0.29, 0.717) is 6.42 Å². The Morgan fingerprint density at radius 2 is 2.13 bits per heavy atom. The standard InChI is InChI=1S/C12H14O3/c1-9(8-12(13)14)7-10-5-3-4-6-11(10)15-2/h3-6,8H,7H2,1-2H3,(H,13,14)/b9-8+. The van der Waals surface area contributed by atoms with Crippen LogP contribution in [-0.2, 0) is 11.2 Å². The summed E-state index contributed by atoms with van der Waals surface area (Å²) in [4.78, 5) is 10.4. The summed E-state index contributed by atoms with van der Waals surface area (Å²) in [6, 6.07) is 7.59. The number of methoxy groups -OCH3 is 1. The fourth-order valence-electron chi connectivity index (χ4n) is 1.41. The summed E-state index contributed by atoms with van der Waals surface area (Å²) in [5, 5.41) is 8.58. The van der Waals surface area contributed by atoms with Gasteiger partial charge in [-0.2, -0.15) is 0 Å². The van der Waals surface area contributed by atoms with E-state index >= 15 is 0 Å². The third kappa shape index (κ3) is 3.46. The third-order valence-electron chi connectivity index (χ3n) is 2.03. The highest BCUT2D eigenvalue weighted by atomic mass is 16.5. The van der Waals surface area contributed by atoms with Crippen molar-refractivity contribution in [2.24, 2.45) is 0 Å². The Morgan fingerprint density at radius 1 is 1.47 bits per heavy atom. The Labute approximate surface area is 89.0 Å². The van der Waals surface area contributed by atoms with E-state index in [2.05, 4.69) is 0 Å². The second kappa shape index (κ2) is 5.20. The molecule has 80 valence electrons. The van der Waals surface area contributed by atoms with Crippen molar-refractivity contribution in [3.05, 3.63) is 41.5 Å². The molecule has 0 fully saturated rings. The molecule has 3 nitrogen and oxygen atoms in total. The minimum atomic E-state index is -0.914. The van der Waals surface area contributed by atoms with Crippen LogP contribution in [0.25, 0.3) is 0 Å². The highest BCUT2D eigenvalue weighted by Crippen LogP contribution is 2.20. The van der Waals surface area contributed by atoms with E-state index < -0.39 is 5.97 Å². The lowest BCUT2D eigenvalue weighted by atomic mass is 10.1. The van der Waals surface area contributed by atoms with Crippen LogP contribution in [-0.4, -0.2) is 18.2 Å². The molecule has 15 heavy (non-hydrogen) atoms. The van der Waals surface area contributed by atoms with E-state index in [9.17, 15) is 4.79 Å². The van der Waals surface area contributed by atoms with Crippen molar-refractivity contribution in [1.29, 1.82) is 0 Å². The molecule has 0 heterocycles. The summed E-state index contributed by atoms with van der Waals surface area (Å²) in [7, 11) is 1.61. The topological polar surface area (TPSA) is 46.5 Å². The average molecular weight is 206 g/mol. The minimum Gasteiger partial charge on any atom is -0.496 e. The van der Waals surface area contributed by atoms with Crippen LogP contribution in [0.3, 0.4) is 0 Å². The Kier molecular flexibility index (Phi) is 3.92. The first-order valence-electron chi connectivity index (χ1n) is 4.65. The maximum atomic E-state index is 10.4. The maximum absolute atomic E-state index is 10.4. The fourth-order valence-corrected chi connectivity index (χ4v) is 1.41. The lowest BCUT2D eigenvalue weighted by Gasteiger charge is -2.07. The predicted molar refractivity (Wildman–Crippen MR) is 58.1 cm³/mol. The Bertz CT molecular complexity index is 380. The summed E-state index contributed by atoms with van der Waals surface area (Å²) >= 11 is 0. The fraction of sp³-hybridized carbons (Fsp3) is 0.250. The third-order valence-corrected chi connectivity index (χ3v) is 2.03. The van der Waals surface area contributed by atoms with E-state index in [-0.39, 0.29) is 0 Å². The molecule has 0 spiro atoms. The van der Waals surface area contributed by atoms with Gasteiger partial charge in [0.2, 0.25) is 0 Å². The molecule has 1 aromatic carbocycles. The van der Waals surface area contributed by atoms with E-state index in [1.807, 2.05) is 24.3 Å². The predicted octanol–water partition coefficient (Wildman–Crippen LogP) is 2.27. The van der Waals surface area contributed by atoms with Gasteiger partial charge in [0.05, 0.1) is 7.11 Å². The lowest BCUT2D eigenvalue weighted by Crippen LogP contribution is -1.96. The monoisotopic (exact) mass is 206 g/mol. The number of hydrogen-bond donors (Lipinski definition) is 1. The second-order valence-electron chi connectivity index (χ2n) is 3.32. The molecule has 0 aliphatic heterocycles. The number of ether oxygens (including phenoxy) is 1. The first-order valence-corrected chi connectivity index (χ1v) is 4.65. The van der Waals surface area contributed by atoms with Crippen LogP contribution in [0, 0.1) is 0 Å². The zero-order valence-corrected chi connectivity index (χ0v) is 8.86. The highest BCUT2D eigenvalue weighted by Gasteiger charge is 2.03. The number of carboxylic acid groups (broad SMARTS) is 1. The smallest absolute Gasteiger partial charge is 0.328 e. The largest absolute Gasteiger partial charge is 0.496 e. The molecule has 1 rings (SSSR count). The van der Waals surface area contributed by atoms with Crippen LogP contribution in [0.15, 0.2) is 35.9 Å². The average Bonchev–Trinajstić information content (AvgIpc) is 2.17. The minimum absolute atomic E-state index is 0.594. The summed E-state index contributed by atoms with van der Waals surface area (Å²) in [6.07, 6.45) is 1.81. The van der Waals surface area contributed by atoms with Crippen molar-refractivity contribution in [2.75, 3.05) is 7.11 Å². The number of benzene rings is 1. The van der Waals surface area contributed by atoms with Gasteiger partial charge >= 0.3 is 5.97 Å². The van der Waals surface area contributed by atoms with Crippen molar-refractivity contribution < 1.29 is 14.6 Å². The second-order valence-corrected chi connectivity index (χ2v) is 3.32. The van der Waals surface area contributed by atoms with Crippen LogP contribution in [0.4, 0.5) is 0 Å². The van der Waals surface area contributed by atoms with Gasteiger partial charge in [0, 0.05) is 6.08 Å². The van der Waals surface area contributed by atoms with Gasteiger partial charge in [-0.1, -0.05) is 23.8 Å². The number of carboxylic acids is 1. The molecule has 3 heteroatoms. The van der Waals surface area contributed by atoms with E-state index in [0.717, 1.165) is 16.9 Å². The molecule has 0 radical (unpaired) electrons. The Hall–Kier alpha value is -1.77. The molecule has 0 saturated heterocycles. The molecular weight excluding hydrogens is 192 g/mol. The van der Waals surface area contributed by atoms with Gasteiger partial charge in [0.25, 0.3) is 0 Å². The lowest BCUT2D eigenvalue weighted by molar-refractivity contribution is -0.131. The molecule has 0 amide bonds. The maximum Gasteiger partial charge on any atom is 0.328 e. The van der Waals surface area contributed by atoms with Gasteiger partial charge in [-0.25, -0.2) is 4.79 Å². The molecule has 0 aromatic heterocycles. The van der Waals surface area contributed by atoms with Crippen molar-refractivity contribution >= 4 is 5.97 Å². The van der Waals surface area contributed by atoms with E-state index in [1.165, 1.54) is 6.08 Å². The molecular formula is C12H14O3. The summed E-state index contributed by atoms with van der Waals surface area (Å²) < 4.78 is 5.18. The van der Waals surface area contributed by atoms with Crippen LogP contribution >= 0.6 is 0 Å². The first kappa shape index (κ1) is 11.3. The summed E-state index contributed by atoms with van der Waals surface area (Å²) in [5.41, 5.74) is 1.79. The van der Waals surface area contributed by atoms with Crippen molar-refractivity contribution in [2.45, 2.75) is 13.3 Å². The van der Waals surface area contributed by atoms with Crippen molar-refractivity contribution in [3.8, 4) is 5.75 Å². The molecule has 1 aromatic rings. The Morgan fingerprint density at radius 3 is 2.73 bits per heavy atom. The van der Waals surface area contributed by atoms with Gasteiger partial charge in [-0.15, -0.1) is 0 Å². The zero-order valence-electron chi connectivity index (χ0n) is 8.86. The summed E-state index contributed by atoms with van der Waals surface area (Å²) in [6.45, 7) is 1.79. The van der Waals surface area contributed by atoms with Gasteiger partial charge in [0.1, 0.15) is 5.75 Å². The Balaban J connectivity index is 2.84. The number of hydrogen-bond acceptors (Lipinski definition) is 2. The SMILES string of the molecule is COc1ccccc1C/C(C)=C/C(=O)O. The van der Waals surface area contributed by atoms with Crippen molar-refractivity contribution in [3.63, 3.8) is 0 Å². The molecule has 0 unspecified atom stereocenters. The highest BCUT2D eigenvalue weighted by molar-refractivity contribution is 5.80. The van der Waals surface area contributed by atoms with Gasteiger partial charge in [0.15, 0.2) is 0 Å². The van der Waals surface area contributed by atoms with Crippen LogP contribution in [0.1, 0.15) is 12.5 Å². The number of aliphatic carboxylic acids is 1. The molecule has 0 bridgehead atoms. The van der Waals surface area contributed by atoms with Crippen LogP contribution < -0.4 is 4.74 Å². The first-order chi connectivity index (χ1) is 7.13. The van der Waals surface area contributed by atoms with E-state index in [1.54, 1.807) is 14.0 Å².